The molecule has 0 bridgehead atoms. The maximum atomic E-state index is 13.4. The van der Waals surface area contributed by atoms with Crippen LogP contribution < -0.4 is 0 Å². The van der Waals surface area contributed by atoms with Crippen molar-refractivity contribution in [1.29, 1.82) is 0 Å². The zero-order chi connectivity index (χ0) is 17.2. The molecule has 0 nitrogen and oxygen atoms in total. The van der Waals surface area contributed by atoms with E-state index in [-0.39, 0.29) is 5.56 Å². The van der Waals surface area contributed by atoms with Crippen LogP contribution in [-0.4, -0.2) is 6.18 Å². The van der Waals surface area contributed by atoms with Crippen molar-refractivity contribution in [3.8, 4) is 0 Å². The van der Waals surface area contributed by atoms with Crippen LogP contribution in [0.1, 0.15) is 28.2 Å². The SMILES string of the molecule is Cc1ccc(/C=C/C(c2cc(Br)cc(Br)c2)C(F)(F)F)cc1C. The summed E-state index contributed by atoms with van der Waals surface area (Å²) in [6.07, 6.45) is -1.62. The van der Waals surface area contributed by atoms with Gasteiger partial charge in [0.1, 0.15) is 0 Å². The Bertz CT molecular complexity index is 713. The summed E-state index contributed by atoms with van der Waals surface area (Å²) >= 11 is 6.48. The van der Waals surface area contributed by atoms with Gasteiger partial charge in [-0.05, 0) is 54.3 Å². The van der Waals surface area contributed by atoms with Crippen molar-refractivity contribution in [1.82, 2.24) is 0 Å². The molecular weight excluding hydrogens is 433 g/mol. The van der Waals surface area contributed by atoms with Gasteiger partial charge in [0.15, 0.2) is 0 Å². The molecule has 0 aliphatic rings. The largest absolute Gasteiger partial charge is 0.399 e. The van der Waals surface area contributed by atoms with Crippen molar-refractivity contribution in [3.05, 3.63) is 73.7 Å². The Labute approximate surface area is 150 Å². The van der Waals surface area contributed by atoms with Crippen LogP contribution in [0.15, 0.2) is 51.4 Å². The Balaban J connectivity index is 2.39. The van der Waals surface area contributed by atoms with E-state index in [4.69, 9.17) is 0 Å². The van der Waals surface area contributed by atoms with Crippen molar-refractivity contribution in [2.45, 2.75) is 25.9 Å². The van der Waals surface area contributed by atoms with Crippen molar-refractivity contribution in [2.24, 2.45) is 0 Å². The van der Waals surface area contributed by atoms with Crippen LogP contribution in [0.3, 0.4) is 0 Å². The van der Waals surface area contributed by atoms with Crippen molar-refractivity contribution in [3.63, 3.8) is 0 Å². The van der Waals surface area contributed by atoms with E-state index in [1.807, 2.05) is 32.0 Å². The van der Waals surface area contributed by atoms with Crippen molar-refractivity contribution < 1.29 is 13.2 Å². The summed E-state index contributed by atoms with van der Waals surface area (Å²) in [6.45, 7) is 3.92. The van der Waals surface area contributed by atoms with Gasteiger partial charge in [0.25, 0.3) is 0 Å². The molecule has 122 valence electrons. The van der Waals surface area contributed by atoms with Gasteiger partial charge < -0.3 is 0 Å². The third-order valence-corrected chi connectivity index (χ3v) is 4.52. The van der Waals surface area contributed by atoms with E-state index in [1.54, 1.807) is 6.07 Å². The Kier molecular flexibility index (Phi) is 5.74. The molecule has 0 aliphatic carbocycles. The van der Waals surface area contributed by atoms with Gasteiger partial charge in [0.05, 0.1) is 5.92 Å². The lowest BCUT2D eigenvalue weighted by Crippen LogP contribution is -2.18. The minimum atomic E-state index is -4.35. The van der Waals surface area contributed by atoms with Gasteiger partial charge in [0, 0.05) is 8.95 Å². The molecule has 1 atom stereocenters. The second-order valence-electron chi connectivity index (χ2n) is 5.42. The van der Waals surface area contributed by atoms with Gasteiger partial charge in [-0.2, -0.15) is 13.2 Å². The van der Waals surface area contributed by atoms with Crippen LogP contribution >= 0.6 is 31.9 Å². The standard InChI is InChI=1S/C18H15Br2F3/c1-11-3-4-13(7-12(11)2)5-6-17(18(21,22)23)14-8-15(19)10-16(20)9-14/h3-10,17H,1-2H3/b6-5+. The van der Waals surface area contributed by atoms with Crippen LogP contribution in [0.5, 0.6) is 0 Å². The maximum absolute atomic E-state index is 13.4. The summed E-state index contributed by atoms with van der Waals surface area (Å²) in [4.78, 5) is 0. The van der Waals surface area contributed by atoms with Gasteiger partial charge >= 0.3 is 6.18 Å². The molecule has 0 heterocycles. The predicted octanol–water partition coefficient (Wildman–Crippen LogP) is 7.19. The van der Waals surface area contributed by atoms with Crippen LogP contribution in [-0.2, 0) is 0 Å². The molecule has 2 rings (SSSR count). The quantitative estimate of drug-likeness (QED) is 0.467. The highest BCUT2D eigenvalue weighted by molar-refractivity contribution is 9.11. The monoisotopic (exact) mass is 446 g/mol. The molecule has 0 saturated carbocycles. The topological polar surface area (TPSA) is 0 Å². The maximum Gasteiger partial charge on any atom is 0.399 e. The molecule has 0 fully saturated rings. The number of benzene rings is 2. The normalized spacial score (nSPS) is 13.5. The fourth-order valence-electron chi connectivity index (χ4n) is 2.24. The first-order valence-electron chi connectivity index (χ1n) is 6.95. The highest BCUT2D eigenvalue weighted by Crippen LogP contribution is 2.38. The van der Waals surface area contributed by atoms with E-state index >= 15 is 0 Å². The third-order valence-electron chi connectivity index (χ3n) is 3.61. The molecular formula is C18H15Br2F3. The number of aryl methyl sites for hydroxylation is 2. The lowest BCUT2D eigenvalue weighted by molar-refractivity contribution is -0.139. The number of halogens is 5. The molecule has 0 aromatic heterocycles. The zero-order valence-corrected chi connectivity index (χ0v) is 15.8. The number of hydrogen-bond donors (Lipinski definition) is 0. The van der Waals surface area contributed by atoms with Gasteiger partial charge in [-0.3, -0.25) is 0 Å². The fourth-order valence-corrected chi connectivity index (χ4v) is 3.57. The molecule has 0 radical (unpaired) electrons. The molecule has 5 heteroatoms. The van der Waals surface area contributed by atoms with Crippen LogP contribution in [0.2, 0.25) is 0 Å². The van der Waals surface area contributed by atoms with Crippen LogP contribution in [0.4, 0.5) is 13.2 Å². The van der Waals surface area contributed by atoms with E-state index in [9.17, 15) is 13.2 Å². The van der Waals surface area contributed by atoms with E-state index in [1.165, 1.54) is 24.3 Å². The van der Waals surface area contributed by atoms with E-state index < -0.39 is 12.1 Å². The molecule has 23 heavy (non-hydrogen) atoms. The van der Waals surface area contributed by atoms with Crippen molar-refractivity contribution >= 4 is 37.9 Å². The number of allylic oxidation sites excluding steroid dienone is 1. The van der Waals surface area contributed by atoms with E-state index in [0.29, 0.717) is 8.95 Å². The summed E-state index contributed by atoms with van der Waals surface area (Å²) in [7, 11) is 0. The first kappa shape index (κ1) is 18.3. The summed E-state index contributed by atoms with van der Waals surface area (Å²) < 4.78 is 41.5. The Morgan fingerprint density at radius 2 is 1.52 bits per heavy atom. The van der Waals surface area contributed by atoms with Gasteiger partial charge in [0.2, 0.25) is 0 Å². The first-order valence-corrected chi connectivity index (χ1v) is 8.53. The van der Waals surface area contributed by atoms with Gasteiger partial charge in [-0.1, -0.05) is 62.2 Å². The van der Waals surface area contributed by atoms with Crippen molar-refractivity contribution in [2.75, 3.05) is 0 Å². The first-order chi connectivity index (χ1) is 10.7. The van der Waals surface area contributed by atoms with Gasteiger partial charge in [-0.15, -0.1) is 0 Å². The average Bonchev–Trinajstić information content (AvgIpc) is 2.40. The number of alkyl halides is 3. The summed E-state index contributed by atoms with van der Waals surface area (Å²) in [5.74, 6) is -1.65. The highest BCUT2D eigenvalue weighted by atomic mass is 79.9. The summed E-state index contributed by atoms with van der Waals surface area (Å²) in [5, 5.41) is 0. The molecule has 1 unspecified atom stereocenters. The van der Waals surface area contributed by atoms with Crippen LogP contribution in [0.25, 0.3) is 6.08 Å². The third kappa shape index (κ3) is 4.95. The molecule has 0 N–H and O–H groups in total. The molecule has 2 aromatic carbocycles. The Morgan fingerprint density at radius 3 is 2.04 bits per heavy atom. The smallest absolute Gasteiger partial charge is 0.170 e. The Morgan fingerprint density at radius 1 is 0.913 bits per heavy atom. The second kappa shape index (κ2) is 7.22. The lowest BCUT2D eigenvalue weighted by Gasteiger charge is -2.18. The van der Waals surface area contributed by atoms with Gasteiger partial charge in [-0.25, -0.2) is 0 Å². The highest BCUT2D eigenvalue weighted by Gasteiger charge is 2.39. The summed E-state index contributed by atoms with van der Waals surface area (Å²) in [5.41, 5.74) is 3.13. The van der Waals surface area contributed by atoms with E-state index in [2.05, 4.69) is 31.9 Å². The molecule has 0 spiro atoms. The molecule has 0 amide bonds. The second-order valence-corrected chi connectivity index (χ2v) is 7.26. The average molecular weight is 448 g/mol. The molecule has 0 aliphatic heterocycles. The Hall–Kier alpha value is -1.07. The molecule has 0 saturated heterocycles. The lowest BCUT2D eigenvalue weighted by atomic mass is 9.96. The zero-order valence-electron chi connectivity index (χ0n) is 12.6. The predicted molar refractivity (Wildman–Crippen MR) is 95.6 cm³/mol. The number of rotatable bonds is 3. The number of hydrogen-bond acceptors (Lipinski definition) is 0. The van der Waals surface area contributed by atoms with E-state index in [0.717, 1.165) is 16.7 Å². The minimum absolute atomic E-state index is 0.193. The molecule has 2 aromatic rings. The minimum Gasteiger partial charge on any atom is -0.170 e. The fraction of sp³-hybridized carbons (Fsp3) is 0.222. The summed E-state index contributed by atoms with van der Waals surface area (Å²) in [6, 6.07) is 10.3. The van der Waals surface area contributed by atoms with Crippen LogP contribution in [0, 0.1) is 13.8 Å².